The SMILES string of the molecule is CC(C)Oc1c(Cl)cccc1NC(=O)C1CCNCC1. The van der Waals surface area contributed by atoms with Gasteiger partial charge in [0.1, 0.15) is 0 Å². The van der Waals surface area contributed by atoms with E-state index in [1.165, 1.54) is 0 Å². The summed E-state index contributed by atoms with van der Waals surface area (Å²) in [7, 11) is 0. The minimum absolute atomic E-state index is 0.00410. The molecule has 1 saturated heterocycles. The average molecular weight is 297 g/mol. The summed E-state index contributed by atoms with van der Waals surface area (Å²) >= 11 is 6.16. The third-order valence-electron chi connectivity index (χ3n) is 3.29. The molecule has 0 unspecified atom stereocenters. The number of para-hydroxylation sites is 1. The highest BCUT2D eigenvalue weighted by Gasteiger charge is 2.22. The maximum Gasteiger partial charge on any atom is 0.227 e. The molecule has 1 amide bonds. The number of carbonyl (C=O) groups excluding carboxylic acids is 1. The van der Waals surface area contributed by atoms with Crippen molar-refractivity contribution in [2.24, 2.45) is 5.92 Å². The summed E-state index contributed by atoms with van der Waals surface area (Å²) in [5.41, 5.74) is 0.648. The van der Waals surface area contributed by atoms with Gasteiger partial charge in [0.15, 0.2) is 5.75 Å². The van der Waals surface area contributed by atoms with E-state index in [1.54, 1.807) is 6.07 Å². The lowest BCUT2D eigenvalue weighted by molar-refractivity contribution is -0.120. The summed E-state index contributed by atoms with van der Waals surface area (Å²) in [4.78, 5) is 12.3. The van der Waals surface area contributed by atoms with Gasteiger partial charge in [0.05, 0.1) is 16.8 Å². The second kappa shape index (κ2) is 6.95. The monoisotopic (exact) mass is 296 g/mol. The molecule has 1 heterocycles. The number of rotatable bonds is 4. The molecule has 2 rings (SSSR count). The maximum absolute atomic E-state index is 12.3. The summed E-state index contributed by atoms with van der Waals surface area (Å²) in [5, 5.41) is 6.72. The van der Waals surface area contributed by atoms with E-state index in [4.69, 9.17) is 16.3 Å². The molecule has 0 aromatic heterocycles. The summed E-state index contributed by atoms with van der Waals surface area (Å²) in [5.74, 6) is 0.649. The van der Waals surface area contributed by atoms with Crippen LogP contribution >= 0.6 is 11.6 Å². The summed E-state index contributed by atoms with van der Waals surface area (Å²) in [6.45, 7) is 5.65. The van der Waals surface area contributed by atoms with Crippen LogP contribution in [0.15, 0.2) is 18.2 Å². The Balaban J connectivity index is 2.11. The quantitative estimate of drug-likeness (QED) is 0.898. The highest BCUT2D eigenvalue weighted by Crippen LogP contribution is 2.34. The number of anilines is 1. The van der Waals surface area contributed by atoms with Crippen molar-refractivity contribution in [3.8, 4) is 5.75 Å². The maximum atomic E-state index is 12.3. The second-order valence-corrected chi connectivity index (χ2v) is 5.70. The molecule has 20 heavy (non-hydrogen) atoms. The molecule has 0 spiro atoms. The number of nitrogens with one attached hydrogen (secondary N) is 2. The van der Waals surface area contributed by atoms with Crippen molar-refractivity contribution in [3.05, 3.63) is 23.2 Å². The van der Waals surface area contributed by atoms with E-state index in [0.29, 0.717) is 16.5 Å². The zero-order valence-corrected chi connectivity index (χ0v) is 12.7. The highest BCUT2D eigenvalue weighted by molar-refractivity contribution is 6.32. The third-order valence-corrected chi connectivity index (χ3v) is 3.59. The molecule has 1 aliphatic heterocycles. The van der Waals surface area contributed by atoms with E-state index in [9.17, 15) is 4.79 Å². The lowest BCUT2D eigenvalue weighted by Gasteiger charge is -2.23. The van der Waals surface area contributed by atoms with Gasteiger partial charge < -0.3 is 15.4 Å². The van der Waals surface area contributed by atoms with Gasteiger partial charge in [-0.3, -0.25) is 4.79 Å². The van der Waals surface area contributed by atoms with E-state index >= 15 is 0 Å². The Labute approximate surface area is 124 Å². The Hall–Kier alpha value is -1.26. The Morgan fingerprint density at radius 1 is 1.40 bits per heavy atom. The molecule has 0 radical (unpaired) electrons. The van der Waals surface area contributed by atoms with Crippen LogP contribution < -0.4 is 15.4 Å². The highest BCUT2D eigenvalue weighted by atomic mass is 35.5. The molecule has 5 heteroatoms. The number of halogens is 1. The summed E-state index contributed by atoms with van der Waals surface area (Å²) < 4.78 is 5.71. The van der Waals surface area contributed by atoms with Gasteiger partial charge >= 0.3 is 0 Å². The van der Waals surface area contributed by atoms with Crippen LogP contribution in [0.1, 0.15) is 26.7 Å². The molecule has 1 aromatic carbocycles. The number of piperidine rings is 1. The van der Waals surface area contributed by atoms with Crippen molar-refractivity contribution in [1.82, 2.24) is 5.32 Å². The molecule has 110 valence electrons. The molecule has 2 N–H and O–H groups in total. The molecule has 1 fully saturated rings. The zero-order valence-electron chi connectivity index (χ0n) is 11.9. The number of carbonyl (C=O) groups is 1. The Kier molecular flexibility index (Phi) is 5.26. The molecule has 1 aliphatic rings. The fraction of sp³-hybridized carbons (Fsp3) is 0.533. The predicted octanol–water partition coefficient (Wildman–Crippen LogP) is 3.07. The minimum Gasteiger partial charge on any atom is -0.487 e. The van der Waals surface area contributed by atoms with Crippen LogP contribution in [-0.4, -0.2) is 25.1 Å². The average Bonchev–Trinajstić information content (AvgIpc) is 2.43. The van der Waals surface area contributed by atoms with Crippen molar-refractivity contribution in [2.75, 3.05) is 18.4 Å². The van der Waals surface area contributed by atoms with Crippen LogP contribution in [0.5, 0.6) is 5.75 Å². The summed E-state index contributed by atoms with van der Waals surface area (Å²) in [6.07, 6.45) is 1.74. The van der Waals surface area contributed by atoms with E-state index in [1.807, 2.05) is 26.0 Å². The zero-order chi connectivity index (χ0) is 14.5. The van der Waals surface area contributed by atoms with Crippen LogP contribution in [0.4, 0.5) is 5.69 Å². The van der Waals surface area contributed by atoms with Crippen LogP contribution in [0.3, 0.4) is 0 Å². The van der Waals surface area contributed by atoms with E-state index in [2.05, 4.69) is 10.6 Å². The molecule has 0 bridgehead atoms. The van der Waals surface area contributed by atoms with E-state index in [0.717, 1.165) is 25.9 Å². The largest absolute Gasteiger partial charge is 0.487 e. The van der Waals surface area contributed by atoms with Gasteiger partial charge in [-0.05, 0) is 51.9 Å². The van der Waals surface area contributed by atoms with E-state index < -0.39 is 0 Å². The Morgan fingerprint density at radius 3 is 2.75 bits per heavy atom. The fourth-order valence-electron chi connectivity index (χ4n) is 2.28. The number of hydrogen-bond acceptors (Lipinski definition) is 3. The molecule has 1 aromatic rings. The standard InChI is InChI=1S/C15H21ClN2O2/c1-10(2)20-14-12(16)4-3-5-13(14)18-15(19)11-6-8-17-9-7-11/h3-5,10-11,17H,6-9H2,1-2H3,(H,18,19). The number of ether oxygens (including phenoxy) is 1. The smallest absolute Gasteiger partial charge is 0.227 e. The van der Waals surface area contributed by atoms with Gasteiger partial charge in [-0.2, -0.15) is 0 Å². The molecule has 0 atom stereocenters. The molecular weight excluding hydrogens is 276 g/mol. The first-order valence-corrected chi connectivity index (χ1v) is 7.42. The first kappa shape index (κ1) is 15.1. The lowest BCUT2D eigenvalue weighted by atomic mass is 9.97. The van der Waals surface area contributed by atoms with Gasteiger partial charge in [-0.15, -0.1) is 0 Å². The Bertz CT molecular complexity index is 471. The molecular formula is C15H21ClN2O2. The number of hydrogen-bond donors (Lipinski definition) is 2. The first-order valence-electron chi connectivity index (χ1n) is 7.04. The van der Waals surface area contributed by atoms with Crippen LogP contribution in [0.2, 0.25) is 5.02 Å². The molecule has 4 nitrogen and oxygen atoms in total. The van der Waals surface area contributed by atoms with Crippen LogP contribution in [-0.2, 0) is 4.79 Å². The van der Waals surface area contributed by atoms with Crippen LogP contribution in [0, 0.1) is 5.92 Å². The van der Waals surface area contributed by atoms with Crippen molar-refractivity contribution in [2.45, 2.75) is 32.8 Å². The van der Waals surface area contributed by atoms with Crippen molar-refractivity contribution >= 4 is 23.2 Å². The van der Waals surface area contributed by atoms with Gasteiger partial charge in [0.2, 0.25) is 5.91 Å². The topological polar surface area (TPSA) is 50.4 Å². The second-order valence-electron chi connectivity index (χ2n) is 5.30. The fourth-order valence-corrected chi connectivity index (χ4v) is 2.50. The van der Waals surface area contributed by atoms with Crippen LogP contribution in [0.25, 0.3) is 0 Å². The Morgan fingerprint density at radius 2 is 2.10 bits per heavy atom. The first-order chi connectivity index (χ1) is 9.58. The molecule has 0 aliphatic carbocycles. The normalized spacial score (nSPS) is 16.2. The van der Waals surface area contributed by atoms with Gasteiger partial charge in [-0.25, -0.2) is 0 Å². The number of amides is 1. The summed E-state index contributed by atoms with van der Waals surface area (Å²) in [6, 6.07) is 5.40. The third kappa shape index (κ3) is 3.87. The molecule has 0 saturated carbocycles. The van der Waals surface area contributed by atoms with Gasteiger partial charge in [-0.1, -0.05) is 17.7 Å². The van der Waals surface area contributed by atoms with E-state index in [-0.39, 0.29) is 17.9 Å². The predicted molar refractivity (Wildman–Crippen MR) is 81.4 cm³/mol. The van der Waals surface area contributed by atoms with Gasteiger partial charge in [0.25, 0.3) is 0 Å². The lowest BCUT2D eigenvalue weighted by Crippen LogP contribution is -2.34. The van der Waals surface area contributed by atoms with Crippen molar-refractivity contribution < 1.29 is 9.53 Å². The van der Waals surface area contributed by atoms with Gasteiger partial charge in [0, 0.05) is 5.92 Å². The van der Waals surface area contributed by atoms with Crippen molar-refractivity contribution in [1.29, 1.82) is 0 Å². The van der Waals surface area contributed by atoms with Crippen molar-refractivity contribution in [3.63, 3.8) is 0 Å². The minimum atomic E-state index is 0.00410. The number of benzene rings is 1.